The van der Waals surface area contributed by atoms with Crippen LogP contribution in [0.25, 0.3) is 0 Å². The van der Waals surface area contributed by atoms with Crippen molar-refractivity contribution in [1.82, 2.24) is 5.48 Å². The third-order valence-corrected chi connectivity index (χ3v) is 3.78. The summed E-state index contributed by atoms with van der Waals surface area (Å²) in [5.41, 5.74) is 2.25. The zero-order valence-electron chi connectivity index (χ0n) is 9.24. The molecule has 3 aliphatic rings. The van der Waals surface area contributed by atoms with Crippen molar-refractivity contribution in [2.24, 2.45) is 11.3 Å². The van der Waals surface area contributed by atoms with Crippen molar-refractivity contribution >= 4 is 5.91 Å². The van der Waals surface area contributed by atoms with Gasteiger partial charge in [0, 0.05) is 18.9 Å². The first kappa shape index (κ1) is 10.5. The third-order valence-electron chi connectivity index (χ3n) is 3.78. The summed E-state index contributed by atoms with van der Waals surface area (Å²) >= 11 is 0. The predicted molar refractivity (Wildman–Crippen MR) is 54.2 cm³/mol. The van der Waals surface area contributed by atoms with Gasteiger partial charge < -0.3 is 9.47 Å². The molecule has 0 aromatic carbocycles. The molecule has 2 heterocycles. The highest BCUT2D eigenvalue weighted by Crippen LogP contribution is 2.56. The number of hydrogen-bond donors (Lipinski definition) is 1. The fourth-order valence-corrected chi connectivity index (χ4v) is 2.53. The van der Waals surface area contributed by atoms with E-state index in [1.54, 1.807) is 0 Å². The summed E-state index contributed by atoms with van der Waals surface area (Å²) in [6.07, 6.45) is 3.69. The van der Waals surface area contributed by atoms with Gasteiger partial charge in [-0.25, -0.2) is 10.3 Å². The second-order valence-corrected chi connectivity index (χ2v) is 4.92. The summed E-state index contributed by atoms with van der Waals surface area (Å²) in [6, 6.07) is 0. The molecule has 2 aliphatic heterocycles. The number of carbonyl (C=O) groups excluding carboxylic acids is 1. The van der Waals surface area contributed by atoms with E-state index < -0.39 is 0 Å². The molecule has 5 nitrogen and oxygen atoms in total. The van der Waals surface area contributed by atoms with E-state index in [1.807, 2.05) is 0 Å². The van der Waals surface area contributed by atoms with Gasteiger partial charge in [-0.15, -0.1) is 0 Å². The first-order valence-electron chi connectivity index (χ1n) is 5.97. The Hall–Kier alpha value is -0.650. The van der Waals surface area contributed by atoms with Crippen molar-refractivity contribution in [3.8, 4) is 0 Å². The number of amides is 1. The highest BCUT2D eigenvalue weighted by atomic mass is 16.8. The Bertz CT molecular complexity index is 290. The van der Waals surface area contributed by atoms with Crippen molar-refractivity contribution in [2.45, 2.75) is 32.0 Å². The summed E-state index contributed by atoms with van der Waals surface area (Å²) in [6.45, 7) is 1.98. The van der Waals surface area contributed by atoms with Crippen LogP contribution in [0.15, 0.2) is 0 Å². The molecule has 3 atom stereocenters. The molecular formula is C11H17NO4. The Morgan fingerprint density at radius 1 is 1.44 bits per heavy atom. The maximum Gasteiger partial charge on any atom is 0.252 e. The minimum absolute atomic E-state index is 0.0378. The van der Waals surface area contributed by atoms with Crippen LogP contribution in [0.5, 0.6) is 0 Å². The lowest BCUT2D eigenvalue weighted by molar-refractivity contribution is -0.203. The summed E-state index contributed by atoms with van der Waals surface area (Å²) in [5, 5.41) is 0. The molecule has 1 saturated carbocycles. The van der Waals surface area contributed by atoms with Gasteiger partial charge in [-0.3, -0.25) is 4.79 Å². The van der Waals surface area contributed by atoms with E-state index in [0.29, 0.717) is 19.1 Å². The normalized spacial score (nSPS) is 41.5. The lowest BCUT2D eigenvalue weighted by Crippen LogP contribution is -2.38. The standard InChI is InChI=1S/C11H17NO4/c13-10(11-5-8(11)6-14-7-11)12-16-9-3-1-2-4-15-9/h8-9H,1-7H2,(H,12,13)/t8-,9?,11-/m0/s1. The molecule has 1 amide bonds. The van der Waals surface area contributed by atoms with E-state index in [1.165, 1.54) is 0 Å². The maximum atomic E-state index is 11.9. The van der Waals surface area contributed by atoms with Gasteiger partial charge >= 0.3 is 0 Å². The molecule has 16 heavy (non-hydrogen) atoms. The van der Waals surface area contributed by atoms with Crippen molar-refractivity contribution in [3.05, 3.63) is 0 Å². The number of rotatable bonds is 3. The zero-order chi connectivity index (χ0) is 11.0. The molecule has 1 N–H and O–H groups in total. The van der Waals surface area contributed by atoms with Gasteiger partial charge in [0.15, 0.2) is 6.29 Å². The SMILES string of the molecule is O=C(NOC1CCCCO1)[C@@]12COC[C@@H]1C2. The first-order valence-corrected chi connectivity index (χ1v) is 5.97. The maximum absolute atomic E-state index is 11.9. The zero-order valence-corrected chi connectivity index (χ0v) is 9.24. The quantitative estimate of drug-likeness (QED) is 0.717. The van der Waals surface area contributed by atoms with Gasteiger partial charge in [0.05, 0.1) is 18.6 Å². The van der Waals surface area contributed by atoms with E-state index in [0.717, 1.165) is 32.3 Å². The molecular weight excluding hydrogens is 210 g/mol. The molecule has 0 spiro atoms. The topological polar surface area (TPSA) is 56.8 Å². The van der Waals surface area contributed by atoms with Crippen molar-refractivity contribution in [2.75, 3.05) is 19.8 Å². The van der Waals surface area contributed by atoms with Crippen LogP contribution in [0.2, 0.25) is 0 Å². The van der Waals surface area contributed by atoms with Crippen LogP contribution >= 0.6 is 0 Å². The second-order valence-electron chi connectivity index (χ2n) is 4.92. The molecule has 3 fully saturated rings. The van der Waals surface area contributed by atoms with E-state index in [9.17, 15) is 4.79 Å². The average molecular weight is 227 g/mol. The van der Waals surface area contributed by atoms with Gasteiger partial charge in [0.25, 0.3) is 5.91 Å². The first-order chi connectivity index (χ1) is 7.81. The number of hydrogen-bond acceptors (Lipinski definition) is 4. The Labute approximate surface area is 94.4 Å². The molecule has 1 aliphatic carbocycles. The largest absolute Gasteiger partial charge is 0.380 e. The Balaban J connectivity index is 1.46. The highest BCUT2D eigenvalue weighted by molar-refractivity contribution is 5.85. The highest BCUT2D eigenvalue weighted by Gasteiger charge is 2.63. The van der Waals surface area contributed by atoms with E-state index in [-0.39, 0.29) is 17.6 Å². The van der Waals surface area contributed by atoms with E-state index in [2.05, 4.69) is 5.48 Å². The fraction of sp³-hybridized carbons (Fsp3) is 0.909. The molecule has 5 heteroatoms. The lowest BCUT2D eigenvalue weighted by atomic mass is 10.1. The average Bonchev–Trinajstić information content (AvgIpc) is 2.90. The van der Waals surface area contributed by atoms with Crippen LogP contribution in [0.4, 0.5) is 0 Å². The lowest BCUT2D eigenvalue weighted by Gasteiger charge is -2.23. The van der Waals surface area contributed by atoms with Crippen LogP contribution in [-0.2, 0) is 19.1 Å². The minimum Gasteiger partial charge on any atom is -0.380 e. The smallest absolute Gasteiger partial charge is 0.252 e. The van der Waals surface area contributed by atoms with Crippen LogP contribution < -0.4 is 5.48 Å². The van der Waals surface area contributed by atoms with Crippen LogP contribution in [-0.4, -0.2) is 32.0 Å². The Morgan fingerprint density at radius 2 is 2.38 bits per heavy atom. The van der Waals surface area contributed by atoms with Crippen molar-refractivity contribution in [1.29, 1.82) is 0 Å². The number of hydroxylamine groups is 1. The Morgan fingerprint density at radius 3 is 3.00 bits per heavy atom. The summed E-state index contributed by atoms with van der Waals surface area (Å²) in [4.78, 5) is 17.2. The third kappa shape index (κ3) is 1.73. The van der Waals surface area contributed by atoms with Gasteiger partial charge in [-0.2, -0.15) is 0 Å². The predicted octanol–water partition coefficient (Wildman–Crippen LogP) is 0.597. The number of fused-ring (bicyclic) bond motifs is 1. The summed E-state index contributed by atoms with van der Waals surface area (Å²) < 4.78 is 10.6. The van der Waals surface area contributed by atoms with E-state index >= 15 is 0 Å². The molecule has 2 saturated heterocycles. The van der Waals surface area contributed by atoms with Gasteiger partial charge in [-0.05, 0) is 19.3 Å². The Kier molecular flexibility index (Phi) is 2.61. The summed E-state index contributed by atoms with van der Waals surface area (Å²) in [5.74, 6) is 0.368. The number of ether oxygens (including phenoxy) is 2. The fourth-order valence-electron chi connectivity index (χ4n) is 2.53. The molecule has 0 radical (unpaired) electrons. The summed E-state index contributed by atoms with van der Waals surface area (Å²) in [7, 11) is 0. The van der Waals surface area contributed by atoms with Crippen LogP contribution in [0, 0.1) is 11.3 Å². The van der Waals surface area contributed by atoms with Gasteiger partial charge in [-0.1, -0.05) is 0 Å². The monoisotopic (exact) mass is 227 g/mol. The van der Waals surface area contributed by atoms with Gasteiger partial charge in [0.2, 0.25) is 0 Å². The second kappa shape index (κ2) is 3.98. The minimum atomic E-state index is -0.283. The molecule has 0 aromatic rings. The van der Waals surface area contributed by atoms with Crippen LogP contribution in [0.3, 0.4) is 0 Å². The van der Waals surface area contributed by atoms with Gasteiger partial charge in [0.1, 0.15) is 0 Å². The number of carbonyl (C=O) groups is 1. The molecule has 3 rings (SSSR count). The molecule has 1 unspecified atom stereocenters. The van der Waals surface area contributed by atoms with E-state index in [4.69, 9.17) is 14.3 Å². The van der Waals surface area contributed by atoms with Crippen LogP contribution in [0.1, 0.15) is 25.7 Å². The molecule has 0 aromatic heterocycles. The van der Waals surface area contributed by atoms with Crippen molar-refractivity contribution < 1.29 is 19.1 Å². The van der Waals surface area contributed by atoms with Crippen molar-refractivity contribution in [3.63, 3.8) is 0 Å². The molecule has 90 valence electrons. The molecule has 0 bridgehead atoms. The number of nitrogens with one attached hydrogen (secondary N) is 1.